The minimum absolute atomic E-state index is 0.108. The van der Waals surface area contributed by atoms with Gasteiger partial charge in [-0.15, -0.1) is 0 Å². The Kier molecular flexibility index (Phi) is 4.24. The number of hydrogen-bond acceptors (Lipinski definition) is 4. The maximum absolute atomic E-state index is 12.2. The molecule has 3 rings (SSSR count). The molecule has 0 aliphatic rings. The van der Waals surface area contributed by atoms with Crippen molar-refractivity contribution in [3.05, 3.63) is 70.0 Å². The summed E-state index contributed by atoms with van der Waals surface area (Å²) in [5, 5.41) is 13.6. The summed E-state index contributed by atoms with van der Waals surface area (Å²) in [5.74, 6) is 0.380. The highest BCUT2D eigenvalue weighted by molar-refractivity contribution is 5.94. The minimum atomic E-state index is -0.521. The van der Waals surface area contributed by atoms with Crippen molar-refractivity contribution in [2.45, 2.75) is 20.0 Å². The third kappa shape index (κ3) is 2.96. The van der Waals surface area contributed by atoms with Crippen LogP contribution in [0.25, 0.3) is 11.0 Å². The third-order valence-electron chi connectivity index (χ3n) is 3.78. The number of para-hydroxylation sites is 2. The molecule has 1 N–H and O–H groups in total. The summed E-state index contributed by atoms with van der Waals surface area (Å²) in [7, 11) is 0. The number of fused-ring (bicyclic) bond motifs is 1. The second-order valence-electron chi connectivity index (χ2n) is 5.25. The van der Waals surface area contributed by atoms with E-state index in [1.54, 1.807) is 6.07 Å². The first kappa shape index (κ1) is 15.7. The van der Waals surface area contributed by atoms with E-state index in [9.17, 15) is 14.9 Å². The van der Waals surface area contributed by atoms with Gasteiger partial charge >= 0.3 is 0 Å². The van der Waals surface area contributed by atoms with E-state index < -0.39 is 4.92 Å². The molecule has 122 valence electrons. The van der Waals surface area contributed by atoms with Crippen molar-refractivity contribution in [1.29, 1.82) is 0 Å². The number of nitro benzene ring substituents is 1. The summed E-state index contributed by atoms with van der Waals surface area (Å²) >= 11 is 0. The van der Waals surface area contributed by atoms with E-state index in [1.165, 1.54) is 18.2 Å². The molecule has 0 aliphatic carbocycles. The molecule has 0 aliphatic heterocycles. The molecule has 0 unspecified atom stereocenters. The molecule has 7 heteroatoms. The number of non-ortho nitro benzene ring substituents is 1. The second-order valence-corrected chi connectivity index (χ2v) is 5.25. The molecule has 1 heterocycles. The SMILES string of the molecule is CCn1c(CNC(=O)c2cccc([N+](=O)[O-])c2)nc2ccccc21. The summed E-state index contributed by atoms with van der Waals surface area (Å²) < 4.78 is 2.03. The molecule has 0 bridgehead atoms. The van der Waals surface area contributed by atoms with Gasteiger partial charge in [-0.3, -0.25) is 14.9 Å². The first-order valence-corrected chi connectivity index (χ1v) is 7.57. The highest BCUT2D eigenvalue weighted by Gasteiger charge is 2.13. The highest BCUT2D eigenvalue weighted by atomic mass is 16.6. The fourth-order valence-electron chi connectivity index (χ4n) is 2.64. The molecule has 24 heavy (non-hydrogen) atoms. The quantitative estimate of drug-likeness (QED) is 0.577. The van der Waals surface area contributed by atoms with Crippen LogP contribution in [0.4, 0.5) is 5.69 Å². The van der Waals surface area contributed by atoms with Gasteiger partial charge in [-0.2, -0.15) is 0 Å². The first-order chi connectivity index (χ1) is 11.6. The summed E-state index contributed by atoms with van der Waals surface area (Å²) in [4.78, 5) is 27.0. The fourth-order valence-corrected chi connectivity index (χ4v) is 2.64. The zero-order valence-electron chi connectivity index (χ0n) is 13.1. The number of nitrogens with one attached hydrogen (secondary N) is 1. The lowest BCUT2D eigenvalue weighted by Crippen LogP contribution is -2.24. The van der Waals surface area contributed by atoms with Crippen molar-refractivity contribution < 1.29 is 9.72 Å². The largest absolute Gasteiger partial charge is 0.345 e. The lowest BCUT2D eigenvalue weighted by Gasteiger charge is -2.08. The molecular formula is C17H16N4O3. The predicted octanol–water partition coefficient (Wildman–Crippen LogP) is 2.89. The maximum atomic E-state index is 12.2. The molecule has 7 nitrogen and oxygen atoms in total. The van der Waals surface area contributed by atoms with Crippen molar-refractivity contribution in [1.82, 2.24) is 14.9 Å². The summed E-state index contributed by atoms with van der Waals surface area (Å²) in [6.45, 7) is 3.01. The number of amides is 1. The zero-order valence-corrected chi connectivity index (χ0v) is 13.1. The van der Waals surface area contributed by atoms with Gasteiger partial charge in [0, 0.05) is 24.2 Å². The van der Waals surface area contributed by atoms with Gasteiger partial charge in [0.15, 0.2) is 0 Å². The van der Waals surface area contributed by atoms with Gasteiger partial charge in [0.05, 0.1) is 22.5 Å². The Balaban J connectivity index is 1.79. The van der Waals surface area contributed by atoms with Crippen LogP contribution < -0.4 is 5.32 Å². The lowest BCUT2D eigenvalue weighted by atomic mass is 10.2. The molecule has 0 saturated carbocycles. The van der Waals surface area contributed by atoms with E-state index in [2.05, 4.69) is 10.3 Å². The molecule has 3 aromatic rings. The van der Waals surface area contributed by atoms with E-state index in [4.69, 9.17) is 0 Å². The molecule has 0 radical (unpaired) electrons. The molecule has 1 amide bonds. The van der Waals surface area contributed by atoms with Crippen molar-refractivity contribution >= 4 is 22.6 Å². The van der Waals surface area contributed by atoms with Gasteiger partial charge in [-0.05, 0) is 25.1 Å². The van der Waals surface area contributed by atoms with E-state index in [0.717, 1.165) is 23.4 Å². The van der Waals surface area contributed by atoms with Crippen LogP contribution in [0, 0.1) is 10.1 Å². The highest BCUT2D eigenvalue weighted by Crippen LogP contribution is 2.16. The van der Waals surface area contributed by atoms with Gasteiger partial charge in [0.25, 0.3) is 11.6 Å². The van der Waals surface area contributed by atoms with Crippen molar-refractivity contribution in [2.75, 3.05) is 0 Å². The number of benzene rings is 2. The molecule has 0 atom stereocenters. The van der Waals surface area contributed by atoms with Crippen LogP contribution in [0.1, 0.15) is 23.1 Å². The van der Waals surface area contributed by atoms with Crippen LogP contribution in [0.3, 0.4) is 0 Å². The first-order valence-electron chi connectivity index (χ1n) is 7.57. The number of rotatable bonds is 5. The topological polar surface area (TPSA) is 90.1 Å². The average Bonchev–Trinajstić information content (AvgIpc) is 2.97. The third-order valence-corrected chi connectivity index (χ3v) is 3.78. The van der Waals surface area contributed by atoms with Crippen molar-refractivity contribution in [3.8, 4) is 0 Å². The van der Waals surface area contributed by atoms with Gasteiger partial charge in [0.2, 0.25) is 0 Å². The number of nitrogens with zero attached hydrogens (tertiary/aromatic N) is 3. The smallest absolute Gasteiger partial charge is 0.270 e. The number of hydrogen-bond donors (Lipinski definition) is 1. The Morgan fingerprint density at radius 3 is 2.79 bits per heavy atom. The monoisotopic (exact) mass is 324 g/mol. The Hall–Kier alpha value is -3.22. The van der Waals surface area contributed by atoms with Gasteiger partial charge < -0.3 is 9.88 Å². The number of imidazole rings is 1. The molecule has 0 saturated heterocycles. The van der Waals surface area contributed by atoms with Crippen LogP contribution in [0.15, 0.2) is 48.5 Å². The van der Waals surface area contributed by atoms with E-state index in [1.807, 2.05) is 35.8 Å². The van der Waals surface area contributed by atoms with Crippen LogP contribution in [0.5, 0.6) is 0 Å². The Morgan fingerprint density at radius 2 is 2.04 bits per heavy atom. The molecular weight excluding hydrogens is 308 g/mol. The Morgan fingerprint density at radius 1 is 1.25 bits per heavy atom. The molecule has 0 spiro atoms. The summed E-state index contributed by atoms with van der Waals surface area (Å²) in [6, 6.07) is 13.4. The standard InChI is InChI=1S/C17H16N4O3/c1-2-20-15-9-4-3-8-14(15)19-16(20)11-18-17(22)12-6-5-7-13(10-12)21(23)24/h3-10H,2,11H2,1H3,(H,18,22). The van der Waals surface area contributed by atoms with Crippen LogP contribution >= 0.6 is 0 Å². The Bertz CT molecular complexity index is 917. The van der Waals surface area contributed by atoms with Crippen LogP contribution in [-0.2, 0) is 13.1 Å². The van der Waals surface area contributed by atoms with Crippen molar-refractivity contribution in [2.24, 2.45) is 0 Å². The van der Waals surface area contributed by atoms with E-state index in [0.29, 0.717) is 0 Å². The van der Waals surface area contributed by atoms with Crippen LogP contribution in [0.2, 0.25) is 0 Å². The molecule has 2 aromatic carbocycles. The van der Waals surface area contributed by atoms with Gasteiger partial charge in [-0.1, -0.05) is 18.2 Å². The zero-order chi connectivity index (χ0) is 17.1. The Labute approximate surface area is 138 Å². The predicted molar refractivity (Wildman–Crippen MR) is 89.7 cm³/mol. The molecule has 0 fully saturated rings. The second kappa shape index (κ2) is 6.49. The number of aromatic nitrogens is 2. The lowest BCUT2D eigenvalue weighted by molar-refractivity contribution is -0.384. The van der Waals surface area contributed by atoms with Crippen molar-refractivity contribution in [3.63, 3.8) is 0 Å². The van der Waals surface area contributed by atoms with Gasteiger partial charge in [0.1, 0.15) is 5.82 Å². The van der Waals surface area contributed by atoms with Crippen LogP contribution in [-0.4, -0.2) is 20.4 Å². The van der Waals surface area contributed by atoms with Gasteiger partial charge in [-0.25, -0.2) is 4.98 Å². The van der Waals surface area contributed by atoms with E-state index >= 15 is 0 Å². The normalized spacial score (nSPS) is 10.7. The molecule has 1 aromatic heterocycles. The van der Waals surface area contributed by atoms with E-state index in [-0.39, 0.29) is 23.7 Å². The summed E-state index contributed by atoms with van der Waals surface area (Å²) in [6.07, 6.45) is 0. The number of carbonyl (C=O) groups is 1. The maximum Gasteiger partial charge on any atom is 0.270 e. The fraction of sp³-hybridized carbons (Fsp3) is 0.176. The summed E-state index contributed by atoms with van der Waals surface area (Å²) in [5.41, 5.74) is 2.03. The number of aryl methyl sites for hydroxylation is 1. The number of carbonyl (C=O) groups excluding carboxylic acids is 1. The minimum Gasteiger partial charge on any atom is -0.345 e. The number of nitro groups is 1. The average molecular weight is 324 g/mol.